The quantitative estimate of drug-likeness (QED) is 0.353. The van der Waals surface area contributed by atoms with Crippen LogP contribution in [-0.2, 0) is 4.79 Å². The van der Waals surface area contributed by atoms with Crippen LogP contribution >= 0.6 is 11.8 Å². The van der Waals surface area contributed by atoms with Crippen LogP contribution < -0.4 is 10.1 Å². The summed E-state index contributed by atoms with van der Waals surface area (Å²) in [5.41, 5.74) is 1.65. The van der Waals surface area contributed by atoms with E-state index in [0.29, 0.717) is 16.1 Å². The number of benzene rings is 2. The van der Waals surface area contributed by atoms with E-state index in [2.05, 4.69) is 25.1 Å². The second-order valence-corrected chi connectivity index (χ2v) is 6.98. The van der Waals surface area contributed by atoms with Crippen LogP contribution in [0.15, 0.2) is 72.1 Å². The van der Waals surface area contributed by atoms with E-state index in [-0.39, 0.29) is 23.1 Å². The molecule has 2 aromatic carbocycles. The molecule has 7 nitrogen and oxygen atoms in total. The Kier molecular flexibility index (Phi) is 5.84. The first-order valence-corrected chi connectivity index (χ1v) is 9.81. The van der Waals surface area contributed by atoms with Crippen LogP contribution in [0.1, 0.15) is 0 Å². The molecule has 0 saturated heterocycles. The van der Waals surface area contributed by atoms with Crippen LogP contribution in [-0.4, -0.2) is 38.0 Å². The molecule has 10 heteroatoms. The summed E-state index contributed by atoms with van der Waals surface area (Å²) >= 11 is 1.20. The number of hydrogen-bond acceptors (Lipinski definition) is 6. The summed E-state index contributed by atoms with van der Waals surface area (Å²) in [6.07, 6.45) is 3.06. The molecule has 1 amide bonds. The molecule has 152 valence electrons. The van der Waals surface area contributed by atoms with Gasteiger partial charge in [-0.25, -0.2) is 14.6 Å². The van der Waals surface area contributed by atoms with Gasteiger partial charge < -0.3 is 10.1 Å². The van der Waals surface area contributed by atoms with Crippen LogP contribution in [0, 0.1) is 0 Å². The molecule has 0 spiro atoms. The zero-order valence-corrected chi connectivity index (χ0v) is 16.2. The number of rotatable bonds is 7. The lowest BCUT2D eigenvalue weighted by Gasteiger charge is -2.11. The van der Waals surface area contributed by atoms with Gasteiger partial charge in [-0.2, -0.15) is 13.9 Å². The molecule has 0 atom stereocenters. The van der Waals surface area contributed by atoms with Gasteiger partial charge >= 0.3 is 6.61 Å². The van der Waals surface area contributed by atoms with Crippen LogP contribution in [0.4, 0.5) is 14.5 Å². The number of carbonyl (C=O) groups excluding carboxylic acids is 1. The topological polar surface area (TPSA) is 81.9 Å². The van der Waals surface area contributed by atoms with Crippen LogP contribution in [0.3, 0.4) is 0 Å². The zero-order valence-electron chi connectivity index (χ0n) is 15.4. The number of aromatic nitrogens is 4. The Balaban J connectivity index is 1.48. The molecule has 0 fully saturated rings. The van der Waals surface area contributed by atoms with Crippen LogP contribution in [0.25, 0.3) is 16.7 Å². The minimum absolute atomic E-state index is 0.0195. The highest BCUT2D eigenvalue weighted by Crippen LogP contribution is 2.28. The molecule has 0 bridgehead atoms. The molecule has 0 radical (unpaired) electrons. The zero-order chi connectivity index (χ0) is 20.9. The van der Waals surface area contributed by atoms with Crippen LogP contribution in [0.2, 0.25) is 0 Å². The standard InChI is InChI=1S/C20H15F2N5O2S/c21-20(22)29-16-9-5-4-8-15(16)26-17(28)11-30-19-14-10-25-27(18(14)23-12-24-19)13-6-2-1-3-7-13/h1-10,12,20H,11H2,(H,26,28). The summed E-state index contributed by atoms with van der Waals surface area (Å²) < 4.78 is 31.2. The summed E-state index contributed by atoms with van der Waals surface area (Å²) in [6, 6.07) is 15.6. The molecule has 4 rings (SSSR count). The first-order valence-electron chi connectivity index (χ1n) is 8.82. The van der Waals surface area contributed by atoms with E-state index in [4.69, 9.17) is 0 Å². The molecule has 0 aliphatic carbocycles. The van der Waals surface area contributed by atoms with Crippen molar-refractivity contribution in [1.82, 2.24) is 19.7 Å². The number of hydrogen-bond donors (Lipinski definition) is 1. The monoisotopic (exact) mass is 427 g/mol. The Hall–Kier alpha value is -3.53. The first-order chi connectivity index (χ1) is 14.6. The van der Waals surface area contributed by atoms with Crippen LogP contribution in [0.5, 0.6) is 5.75 Å². The summed E-state index contributed by atoms with van der Waals surface area (Å²) in [6.45, 7) is -2.98. The summed E-state index contributed by atoms with van der Waals surface area (Å²) in [5.74, 6) is -0.460. The lowest BCUT2D eigenvalue weighted by Crippen LogP contribution is -2.15. The molecule has 2 heterocycles. The van der Waals surface area contributed by atoms with Crippen molar-refractivity contribution in [2.75, 3.05) is 11.1 Å². The molecule has 1 N–H and O–H groups in total. The highest BCUT2D eigenvalue weighted by atomic mass is 32.2. The highest BCUT2D eigenvalue weighted by molar-refractivity contribution is 8.00. The van der Waals surface area contributed by atoms with E-state index in [1.807, 2.05) is 30.3 Å². The normalized spacial score (nSPS) is 11.0. The van der Waals surface area contributed by atoms with Crippen molar-refractivity contribution in [3.05, 3.63) is 67.1 Å². The summed E-state index contributed by atoms with van der Waals surface area (Å²) in [5, 5.41) is 8.26. The van der Waals surface area contributed by atoms with E-state index < -0.39 is 6.61 Å². The number of nitrogens with one attached hydrogen (secondary N) is 1. The number of amides is 1. The van der Waals surface area contributed by atoms with Gasteiger partial charge in [-0.3, -0.25) is 4.79 Å². The third-order valence-electron chi connectivity index (χ3n) is 4.05. The van der Waals surface area contributed by atoms with Crippen molar-refractivity contribution in [3.8, 4) is 11.4 Å². The molecular weight excluding hydrogens is 412 g/mol. The van der Waals surface area contributed by atoms with Gasteiger partial charge in [0.1, 0.15) is 17.1 Å². The molecule has 0 saturated carbocycles. The molecule has 30 heavy (non-hydrogen) atoms. The number of fused-ring (bicyclic) bond motifs is 1. The van der Waals surface area contributed by atoms with E-state index >= 15 is 0 Å². The fourth-order valence-electron chi connectivity index (χ4n) is 2.78. The van der Waals surface area contributed by atoms with Gasteiger partial charge in [-0.05, 0) is 24.3 Å². The maximum absolute atomic E-state index is 12.5. The average molecular weight is 427 g/mol. The number of carbonyl (C=O) groups is 1. The average Bonchev–Trinajstić information content (AvgIpc) is 3.19. The number of thioether (sulfide) groups is 1. The largest absolute Gasteiger partial charge is 0.433 e. The second kappa shape index (κ2) is 8.87. The third-order valence-corrected chi connectivity index (χ3v) is 5.05. The number of para-hydroxylation sites is 3. The molecule has 0 aliphatic heterocycles. The van der Waals surface area contributed by atoms with Gasteiger partial charge in [0.25, 0.3) is 0 Å². The minimum Gasteiger partial charge on any atom is -0.433 e. The molecule has 2 aromatic heterocycles. The van der Waals surface area contributed by atoms with E-state index in [1.165, 1.54) is 30.2 Å². The van der Waals surface area contributed by atoms with E-state index in [9.17, 15) is 13.6 Å². The van der Waals surface area contributed by atoms with E-state index in [0.717, 1.165) is 5.69 Å². The maximum atomic E-state index is 12.5. The second-order valence-electron chi connectivity index (χ2n) is 6.02. The van der Waals surface area contributed by atoms with Crippen molar-refractivity contribution in [2.24, 2.45) is 0 Å². The Morgan fingerprint density at radius 3 is 2.67 bits per heavy atom. The highest BCUT2D eigenvalue weighted by Gasteiger charge is 2.15. The lowest BCUT2D eigenvalue weighted by molar-refractivity contribution is -0.113. The third kappa shape index (κ3) is 4.38. The van der Waals surface area contributed by atoms with Gasteiger partial charge in [0.2, 0.25) is 5.91 Å². The molecule has 4 aromatic rings. The smallest absolute Gasteiger partial charge is 0.387 e. The maximum Gasteiger partial charge on any atom is 0.387 e. The van der Waals surface area contributed by atoms with Gasteiger partial charge in [0, 0.05) is 0 Å². The van der Waals surface area contributed by atoms with Gasteiger partial charge in [-0.1, -0.05) is 42.1 Å². The number of halogens is 2. The lowest BCUT2D eigenvalue weighted by atomic mass is 10.3. The Morgan fingerprint density at radius 1 is 1.10 bits per heavy atom. The molecule has 0 aliphatic rings. The SMILES string of the molecule is O=C(CSc1ncnc2c1cnn2-c1ccccc1)Nc1ccccc1OC(F)F. The Bertz CT molecular complexity index is 1170. The van der Waals surface area contributed by atoms with Gasteiger partial charge in [0.05, 0.1) is 28.7 Å². The number of alkyl halides is 2. The molecule has 0 unspecified atom stereocenters. The predicted molar refractivity (Wildman–Crippen MR) is 109 cm³/mol. The van der Waals surface area contributed by atoms with Crippen molar-refractivity contribution in [1.29, 1.82) is 0 Å². The van der Waals surface area contributed by atoms with Crippen molar-refractivity contribution >= 4 is 34.4 Å². The van der Waals surface area contributed by atoms with Gasteiger partial charge in [0.15, 0.2) is 5.65 Å². The minimum atomic E-state index is -2.98. The van der Waals surface area contributed by atoms with E-state index in [1.54, 1.807) is 23.0 Å². The fourth-order valence-corrected chi connectivity index (χ4v) is 3.55. The molecular formula is C20H15F2N5O2S. The number of anilines is 1. The fraction of sp³-hybridized carbons (Fsp3) is 0.100. The Morgan fingerprint density at radius 2 is 1.87 bits per heavy atom. The first kappa shape index (κ1) is 19.8. The predicted octanol–water partition coefficient (Wildman–Crippen LogP) is 4.15. The number of ether oxygens (including phenoxy) is 1. The Labute approximate surface area is 174 Å². The van der Waals surface area contributed by atoms with Gasteiger partial charge in [-0.15, -0.1) is 0 Å². The van der Waals surface area contributed by atoms with Crippen molar-refractivity contribution in [3.63, 3.8) is 0 Å². The van der Waals surface area contributed by atoms with Crippen molar-refractivity contribution in [2.45, 2.75) is 11.6 Å². The summed E-state index contributed by atoms with van der Waals surface area (Å²) in [4.78, 5) is 20.9. The van der Waals surface area contributed by atoms with Crippen molar-refractivity contribution < 1.29 is 18.3 Å². The summed E-state index contributed by atoms with van der Waals surface area (Å²) in [7, 11) is 0. The number of nitrogens with zero attached hydrogens (tertiary/aromatic N) is 4.